The maximum atomic E-state index is 13.4. The van der Waals surface area contributed by atoms with E-state index >= 15 is 0 Å². The number of carbonyl (C=O) groups excluding carboxylic acids is 2. The Morgan fingerprint density at radius 1 is 1.19 bits per heavy atom. The Morgan fingerprint density at radius 2 is 2.03 bits per heavy atom. The molecule has 2 aromatic heterocycles. The van der Waals surface area contributed by atoms with Crippen molar-refractivity contribution in [1.82, 2.24) is 20.2 Å². The van der Waals surface area contributed by atoms with Crippen LogP contribution in [0, 0.1) is 18.6 Å². The van der Waals surface area contributed by atoms with Gasteiger partial charge in [0.1, 0.15) is 4.88 Å². The molecule has 0 spiro atoms. The van der Waals surface area contributed by atoms with Gasteiger partial charge in [0, 0.05) is 25.8 Å². The topological polar surface area (TPSA) is 78.4 Å². The number of aromatic nitrogens is 2. The molecule has 0 aliphatic carbocycles. The number of nitrogens with one attached hydrogen (secondary N) is 1. The molecule has 1 aliphatic rings. The molecule has 160 valence electrons. The van der Waals surface area contributed by atoms with E-state index in [1.807, 2.05) is 12.1 Å². The molecule has 1 aromatic carbocycles. The van der Waals surface area contributed by atoms with Gasteiger partial charge in [-0.1, -0.05) is 23.5 Å². The molecule has 0 radical (unpaired) electrons. The van der Waals surface area contributed by atoms with Crippen LogP contribution in [0.3, 0.4) is 0 Å². The summed E-state index contributed by atoms with van der Waals surface area (Å²) in [4.78, 5) is 37.4. The lowest BCUT2D eigenvalue weighted by atomic mass is 10.2. The third kappa shape index (κ3) is 4.53. The summed E-state index contributed by atoms with van der Waals surface area (Å²) < 4.78 is 26.6. The van der Waals surface area contributed by atoms with Gasteiger partial charge in [-0.15, -0.1) is 0 Å². The van der Waals surface area contributed by atoms with Crippen molar-refractivity contribution in [2.45, 2.75) is 20.0 Å². The normalized spacial score (nSPS) is 13.7. The Kier molecular flexibility index (Phi) is 5.90. The van der Waals surface area contributed by atoms with Crippen LogP contribution in [0.15, 0.2) is 42.6 Å². The third-order valence-corrected chi connectivity index (χ3v) is 6.01. The number of halogens is 2. The van der Waals surface area contributed by atoms with Crippen LogP contribution in [0.1, 0.15) is 26.6 Å². The first-order valence-electron chi connectivity index (χ1n) is 9.58. The van der Waals surface area contributed by atoms with Crippen LogP contribution in [0.2, 0.25) is 0 Å². The molecule has 1 fully saturated rings. The van der Waals surface area contributed by atoms with Crippen LogP contribution in [0.25, 0.3) is 0 Å². The zero-order chi connectivity index (χ0) is 22.0. The molecule has 0 saturated carbocycles. The van der Waals surface area contributed by atoms with E-state index in [9.17, 15) is 18.4 Å². The van der Waals surface area contributed by atoms with Gasteiger partial charge in [-0.2, -0.15) is 0 Å². The lowest BCUT2D eigenvalue weighted by Gasteiger charge is -2.17. The number of benzene rings is 1. The van der Waals surface area contributed by atoms with E-state index in [4.69, 9.17) is 0 Å². The monoisotopic (exact) mass is 443 g/mol. The lowest BCUT2D eigenvalue weighted by Crippen LogP contribution is -2.31. The summed E-state index contributed by atoms with van der Waals surface area (Å²) in [6.07, 6.45) is 1.66. The fourth-order valence-electron chi connectivity index (χ4n) is 3.23. The summed E-state index contributed by atoms with van der Waals surface area (Å²) in [7, 11) is 0. The van der Waals surface area contributed by atoms with Gasteiger partial charge in [0.05, 0.1) is 17.9 Å². The van der Waals surface area contributed by atoms with Crippen molar-refractivity contribution in [3.63, 3.8) is 0 Å². The quantitative estimate of drug-likeness (QED) is 0.633. The van der Waals surface area contributed by atoms with Crippen LogP contribution in [0.4, 0.5) is 18.7 Å². The first-order valence-corrected chi connectivity index (χ1v) is 10.4. The van der Waals surface area contributed by atoms with Crippen LogP contribution in [-0.4, -0.2) is 39.9 Å². The number of urea groups is 1. The minimum atomic E-state index is -0.946. The van der Waals surface area contributed by atoms with Crippen molar-refractivity contribution in [3.8, 4) is 0 Å². The summed E-state index contributed by atoms with van der Waals surface area (Å²) in [5, 5.41) is 3.24. The maximum absolute atomic E-state index is 13.4. The molecule has 1 aliphatic heterocycles. The highest BCUT2D eigenvalue weighted by Crippen LogP contribution is 2.29. The average molecular weight is 443 g/mol. The summed E-state index contributed by atoms with van der Waals surface area (Å²) in [5.74, 6) is -2.15. The van der Waals surface area contributed by atoms with E-state index in [2.05, 4.69) is 15.3 Å². The molecule has 7 nitrogen and oxygen atoms in total. The number of hydrogen-bond donors (Lipinski definition) is 1. The molecule has 4 rings (SSSR count). The Hall–Kier alpha value is -3.40. The molecule has 31 heavy (non-hydrogen) atoms. The number of thiazole rings is 1. The van der Waals surface area contributed by atoms with Crippen molar-refractivity contribution >= 4 is 28.4 Å². The summed E-state index contributed by atoms with van der Waals surface area (Å²) in [6.45, 7) is 2.97. The third-order valence-electron chi connectivity index (χ3n) is 4.83. The largest absolute Gasteiger partial charge is 0.346 e. The van der Waals surface area contributed by atoms with Crippen molar-refractivity contribution in [1.29, 1.82) is 0 Å². The van der Waals surface area contributed by atoms with Gasteiger partial charge in [-0.25, -0.2) is 18.6 Å². The molecule has 0 bridgehead atoms. The van der Waals surface area contributed by atoms with E-state index in [0.29, 0.717) is 34.4 Å². The van der Waals surface area contributed by atoms with Crippen LogP contribution in [-0.2, 0) is 13.1 Å². The molecule has 0 unspecified atom stereocenters. The molecule has 1 saturated heterocycles. The second kappa shape index (κ2) is 8.76. The molecule has 3 heterocycles. The first kappa shape index (κ1) is 20.9. The van der Waals surface area contributed by atoms with Gasteiger partial charge in [0.2, 0.25) is 0 Å². The minimum Gasteiger partial charge on any atom is -0.346 e. The van der Waals surface area contributed by atoms with Crippen LogP contribution >= 0.6 is 11.3 Å². The highest BCUT2D eigenvalue weighted by atomic mass is 32.1. The van der Waals surface area contributed by atoms with Gasteiger partial charge >= 0.3 is 6.03 Å². The van der Waals surface area contributed by atoms with Crippen molar-refractivity contribution < 1.29 is 18.4 Å². The predicted molar refractivity (Wildman–Crippen MR) is 112 cm³/mol. The Balaban J connectivity index is 1.42. The predicted octanol–water partition coefficient (Wildman–Crippen LogP) is 3.50. The smallest absolute Gasteiger partial charge is 0.326 e. The Morgan fingerprint density at radius 3 is 2.77 bits per heavy atom. The van der Waals surface area contributed by atoms with E-state index in [0.717, 1.165) is 29.2 Å². The Labute approximate surface area is 181 Å². The average Bonchev–Trinajstić information content (AvgIpc) is 3.32. The number of aryl methyl sites for hydroxylation is 1. The number of carbonyl (C=O) groups is 2. The van der Waals surface area contributed by atoms with Crippen molar-refractivity contribution in [2.24, 2.45) is 0 Å². The molecule has 1 N–H and O–H groups in total. The minimum absolute atomic E-state index is 0.161. The first-order chi connectivity index (χ1) is 14.9. The zero-order valence-corrected chi connectivity index (χ0v) is 17.5. The molecule has 0 atom stereocenters. The molecular formula is C21H19F2N5O2S. The van der Waals surface area contributed by atoms with Gasteiger partial charge in [0.25, 0.3) is 5.91 Å². The number of anilines is 1. The van der Waals surface area contributed by atoms with Gasteiger partial charge in [-0.05, 0) is 36.8 Å². The van der Waals surface area contributed by atoms with Crippen LogP contribution in [0.5, 0.6) is 0 Å². The Bertz CT molecular complexity index is 1120. The van der Waals surface area contributed by atoms with Gasteiger partial charge in [-0.3, -0.25) is 14.7 Å². The molecule has 3 aromatic rings. The van der Waals surface area contributed by atoms with E-state index in [-0.39, 0.29) is 25.0 Å². The van der Waals surface area contributed by atoms with E-state index in [1.165, 1.54) is 15.9 Å². The SMILES string of the molecule is Cc1nc(N2CCN(Cc3ccc(F)c(F)c3)C2=O)sc1C(=O)NCc1ccccn1. The number of rotatable bonds is 6. The fraction of sp³-hybridized carbons (Fsp3) is 0.238. The lowest BCUT2D eigenvalue weighted by molar-refractivity contribution is 0.0953. The summed E-state index contributed by atoms with van der Waals surface area (Å²) in [5.41, 5.74) is 1.77. The number of hydrogen-bond acceptors (Lipinski definition) is 5. The van der Waals surface area contributed by atoms with Gasteiger partial charge in [0.15, 0.2) is 16.8 Å². The standard InChI is InChI=1S/C21H19F2N5O2S/c1-13-18(19(29)25-11-15-4-2-3-7-24-15)31-20(26-13)28-9-8-27(21(28)30)12-14-5-6-16(22)17(23)10-14/h2-7,10H,8-9,11-12H2,1H3,(H,25,29). The second-order valence-corrected chi connectivity index (χ2v) is 8.00. The summed E-state index contributed by atoms with van der Waals surface area (Å²) >= 11 is 1.14. The zero-order valence-electron chi connectivity index (χ0n) is 16.6. The number of nitrogens with zero attached hydrogens (tertiary/aromatic N) is 4. The fourth-order valence-corrected chi connectivity index (χ4v) is 4.23. The maximum Gasteiger partial charge on any atom is 0.326 e. The van der Waals surface area contributed by atoms with E-state index in [1.54, 1.807) is 19.2 Å². The van der Waals surface area contributed by atoms with Gasteiger partial charge < -0.3 is 10.2 Å². The number of pyridine rings is 1. The highest BCUT2D eigenvalue weighted by molar-refractivity contribution is 7.17. The highest BCUT2D eigenvalue weighted by Gasteiger charge is 2.32. The van der Waals surface area contributed by atoms with Crippen molar-refractivity contribution in [3.05, 3.63) is 76.1 Å². The second-order valence-electron chi connectivity index (χ2n) is 7.02. The molecule has 10 heteroatoms. The molecular weight excluding hydrogens is 424 g/mol. The number of amides is 3. The molecule has 3 amide bonds. The van der Waals surface area contributed by atoms with Crippen LogP contribution < -0.4 is 10.2 Å². The van der Waals surface area contributed by atoms with Crippen molar-refractivity contribution in [2.75, 3.05) is 18.0 Å². The summed E-state index contributed by atoms with van der Waals surface area (Å²) in [6, 6.07) is 8.75. The van der Waals surface area contributed by atoms with E-state index < -0.39 is 11.6 Å².